The fourth-order valence-electron chi connectivity index (χ4n) is 3.60. The summed E-state index contributed by atoms with van der Waals surface area (Å²) >= 11 is 1.24. The number of ether oxygens (including phenoxy) is 1. The average Bonchev–Trinajstić information content (AvgIpc) is 3.23. The molecule has 1 saturated heterocycles. The van der Waals surface area contributed by atoms with Gasteiger partial charge >= 0.3 is 6.61 Å². The molecule has 0 bridgehead atoms. The predicted molar refractivity (Wildman–Crippen MR) is 109 cm³/mol. The Bertz CT molecular complexity index is 995. The fraction of sp³-hybridized carbons (Fsp3) is 0.333. The van der Waals surface area contributed by atoms with Gasteiger partial charge in [-0.15, -0.1) is 0 Å². The van der Waals surface area contributed by atoms with Gasteiger partial charge in [-0.05, 0) is 49.7 Å². The lowest BCUT2D eigenvalue weighted by atomic mass is 10.00. The zero-order chi connectivity index (χ0) is 21.5. The smallest absolute Gasteiger partial charge is 0.387 e. The summed E-state index contributed by atoms with van der Waals surface area (Å²) in [6.07, 6.45) is 0.702. The summed E-state index contributed by atoms with van der Waals surface area (Å²) in [5, 5.41) is 2.97. The van der Waals surface area contributed by atoms with Gasteiger partial charge in [0.1, 0.15) is 10.6 Å². The molecule has 9 heteroatoms. The quantitative estimate of drug-likeness (QED) is 0.698. The van der Waals surface area contributed by atoms with Crippen molar-refractivity contribution in [3.8, 4) is 5.75 Å². The summed E-state index contributed by atoms with van der Waals surface area (Å²) in [4.78, 5) is 26.6. The van der Waals surface area contributed by atoms with Crippen molar-refractivity contribution in [2.45, 2.75) is 37.7 Å². The van der Waals surface area contributed by atoms with E-state index >= 15 is 0 Å². The van der Waals surface area contributed by atoms with E-state index in [9.17, 15) is 18.4 Å². The number of halogens is 2. The van der Waals surface area contributed by atoms with Gasteiger partial charge in [-0.1, -0.05) is 6.07 Å². The second-order valence-corrected chi connectivity index (χ2v) is 8.69. The minimum atomic E-state index is -2.95. The van der Waals surface area contributed by atoms with Gasteiger partial charge in [0, 0.05) is 30.1 Å². The lowest BCUT2D eigenvalue weighted by Crippen LogP contribution is -2.41. The van der Waals surface area contributed by atoms with E-state index in [0.717, 1.165) is 0 Å². The van der Waals surface area contributed by atoms with Gasteiger partial charge in [0.15, 0.2) is 0 Å². The van der Waals surface area contributed by atoms with Crippen molar-refractivity contribution in [2.24, 2.45) is 0 Å². The molecule has 30 heavy (non-hydrogen) atoms. The maximum Gasteiger partial charge on any atom is 0.387 e. The first kappa shape index (κ1) is 20.6. The normalized spacial score (nSPS) is 23.0. The van der Waals surface area contributed by atoms with Gasteiger partial charge in [-0.3, -0.25) is 14.5 Å². The van der Waals surface area contributed by atoms with Gasteiger partial charge in [-0.25, -0.2) is 0 Å². The van der Waals surface area contributed by atoms with Crippen LogP contribution in [-0.2, 0) is 8.98 Å². The number of nitrogens with one attached hydrogen (secondary N) is 1. The van der Waals surface area contributed by atoms with Crippen LogP contribution in [0, 0.1) is 0 Å². The molecular weight excluding hydrogens is 414 g/mol. The molecule has 0 radical (unpaired) electrons. The number of anilines is 2. The van der Waals surface area contributed by atoms with Crippen molar-refractivity contribution in [3.05, 3.63) is 53.6 Å². The van der Waals surface area contributed by atoms with Crippen LogP contribution in [-0.4, -0.2) is 29.9 Å². The monoisotopic (exact) mass is 434 g/mol. The number of fused-ring (bicyclic) bond motifs is 1. The third-order valence-electron chi connectivity index (χ3n) is 5.17. The van der Waals surface area contributed by atoms with E-state index < -0.39 is 17.4 Å². The molecule has 2 aromatic carbocycles. The molecule has 4 rings (SSSR count). The Balaban J connectivity index is 1.63. The number of carbonyl (C=O) groups excluding carboxylic acids is 2. The lowest BCUT2D eigenvalue weighted by molar-refractivity contribution is -0.118. The number of alkyl halides is 2. The number of hydrogen-bond donors (Lipinski definition) is 1. The Morgan fingerprint density at radius 2 is 2.13 bits per heavy atom. The third-order valence-corrected chi connectivity index (χ3v) is 6.13. The van der Waals surface area contributed by atoms with Crippen LogP contribution >= 0.6 is 12.0 Å². The molecule has 158 valence electrons. The standard InChI is InChI=1S/C21H20F2N2O4S/c1-12-16-10-13(18(26)24-21(2)8-9-28-30-21)6-7-17(16)25(19(12)27)14-4-3-5-15(11-14)29-20(22)23/h3-7,10-12,20H,8-9H2,1-2H3,(H,24,26). The van der Waals surface area contributed by atoms with Crippen molar-refractivity contribution in [3.63, 3.8) is 0 Å². The molecule has 2 amide bonds. The first-order valence-corrected chi connectivity index (χ1v) is 10.2. The maximum atomic E-state index is 12.9. The van der Waals surface area contributed by atoms with E-state index in [1.54, 1.807) is 37.3 Å². The highest BCUT2D eigenvalue weighted by molar-refractivity contribution is 7.96. The Morgan fingerprint density at radius 3 is 2.83 bits per heavy atom. The van der Waals surface area contributed by atoms with Gasteiger partial charge in [0.2, 0.25) is 5.91 Å². The second-order valence-electron chi connectivity index (χ2n) is 7.39. The minimum absolute atomic E-state index is 0.0306. The van der Waals surface area contributed by atoms with Crippen molar-refractivity contribution in [1.82, 2.24) is 5.32 Å². The van der Waals surface area contributed by atoms with E-state index in [4.69, 9.17) is 4.18 Å². The number of nitrogens with zero attached hydrogens (tertiary/aromatic N) is 1. The Hall–Kier alpha value is -2.65. The lowest BCUT2D eigenvalue weighted by Gasteiger charge is -2.22. The van der Waals surface area contributed by atoms with Crippen molar-refractivity contribution in [2.75, 3.05) is 11.5 Å². The SMILES string of the molecule is CC1C(=O)N(c2cccc(OC(F)F)c2)c2ccc(C(=O)NC3(C)CCOS3)cc21. The summed E-state index contributed by atoms with van der Waals surface area (Å²) in [5.41, 5.74) is 2.18. The number of rotatable bonds is 5. The molecule has 0 spiro atoms. The molecule has 2 aliphatic heterocycles. The summed E-state index contributed by atoms with van der Waals surface area (Å²) in [5.74, 6) is -0.962. The number of hydrogen-bond acceptors (Lipinski definition) is 5. The molecule has 1 N–H and O–H groups in total. The first-order chi connectivity index (χ1) is 14.3. The summed E-state index contributed by atoms with van der Waals surface area (Å²) in [6.45, 7) is 1.27. The zero-order valence-corrected chi connectivity index (χ0v) is 17.2. The second kappa shape index (κ2) is 7.88. The molecule has 2 heterocycles. The molecule has 0 aliphatic carbocycles. The van der Waals surface area contributed by atoms with Crippen molar-refractivity contribution < 1.29 is 27.3 Å². The zero-order valence-electron chi connectivity index (χ0n) is 16.4. The van der Waals surface area contributed by atoms with Crippen LogP contribution in [0.4, 0.5) is 20.2 Å². The molecule has 2 aliphatic rings. The average molecular weight is 434 g/mol. The highest BCUT2D eigenvalue weighted by Crippen LogP contribution is 2.43. The summed E-state index contributed by atoms with van der Waals surface area (Å²) in [7, 11) is 0. The minimum Gasteiger partial charge on any atom is -0.435 e. The van der Waals surface area contributed by atoms with Crippen LogP contribution in [0.15, 0.2) is 42.5 Å². The predicted octanol–water partition coefficient (Wildman–Crippen LogP) is 4.58. The van der Waals surface area contributed by atoms with Crippen LogP contribution in [0.5, 0.6) is 5.75 Å². The van der Waals surface area contributed by atoms with Crippen LogP contribution in [0.2, 0.25) is 0 Å². The molecule has 2 atom stereocenters. The van der Waals surface area contributed by atoms with E-state index in [1.807, 2.05) is 6.92 Å². The van der Waals surface area contributed by atoms with Crippen LogP contribution in [0.3, 0.4) is 0 Å². The topological polar surface area (TPSA) is 67.9 Å². The van der Waals surface area contributed by atoms with Gasteiger partial charge in [0.25, 0.3) is 5.91 Å². The van der Waals surface area contributed by atoms with E-state index in [2.05, 4.69) is 10.1 Å². The maximum absolute atomic E-state index is 12.9. The Labute approximate surface area is 176 Å². The highest BCUT2D eigenvalue weighted by atomic mass is 32.2. The van der Waals surface area contributed by atoms with E-state index in [1.165, 1.54) is 29.1 Å². The molecule has 0 saturated carbocycles. The van der Waals surface area contributed by atoms with Crippen LogP contribution in [0.1, 0.15) is 42.1 Å². The molecule has 2 aromatic rings. The third kappa shape index (κ3) is 3.87. The molecule has 2 unspecified atom stereocenters. The van der Waals surface area contributed by atoms with Gasteiger partial charge < -0.3 is 14.2 Å². The van der Waals surface area contributed by atoms with Crippen LogP contribution in [0.25, 0.3) is 0 Å². The fourth-order valence-corrected chi connectivity index (χ4v) is 4.33. The largest absolute Gasteiger partial charge is 0.435 e. The van der Waals surface area contributed by atoms with Crippen molar-refractivity contribution in [1.29, 1.82) is 0 Å². The van der Waals surface area contributed by atoms with E-state index in [-0.39, 0.29) is 17.6 Å². The molecular formula is C21H20F2N2O4S. The number of amides is 2. The summed E-state index contributed by atoms with van der Waals surface area (Å²) < 4.78 is 34.8. The molecule has 6 nitrogen and oxygen atoms in total. The summed E-state index contributed by atoms with van der Waals surface area (Å²) in [6, 6.07) is 11.0. The Kier molecular flexibility index (Phi) is 5.42. The first-order valence-electron chi connectivity index (χ1n) is 9.43. The van der Waals surface area contributed by atoms with E-state index in [0.29, 0.717) is 35.5 Å². The van der Waals surface area contributed by atoms with Crippen LogP contribution < -0.4 is 15.0 Å². The number of carbonyl (C=O) groups is 2. The molecule has 1 fully saturated rings. The molecule has 0 aromatic heterocycles. The van der Waals surface area contributed by atoms with Gasteiger partial charge in [-0.2, -0.15) is 8.78 Å². The Morgan fingerprint density at radius 1 is 1.33 bits per heavy atom. The van der Waals surface area contributed by atoms with Crippen molar-refractivity contribution >= 4 is 35.2 Å². The number of benzene rings is 2. The van der Waals surface area contributed by atoms with Gasteiger partial charge in [0.05, 0.1) is 23.9 Å². The highest BCUT2D eigenvalue weighted by Gasteiger charge is 2.37.